The maximum atomic E-state index is 12.7. The van der Waals surface area contributed by atoms with E-state index >= 15 is 0 Å². The van der Waals surface area contributed by atoms with Gasteiger partial charge in [0.15, 0.2) is 5.78 Å². The van der Waals surface area contributed by atoms with E-state index in [0.29, 0.717) is 19.0 Å². The summed E-state index contributed by atoms with van der Waals surface area (Å²) in [5.41, 5.74) is 0.730. The van der Waals surface area contributed by atoms with Crippen LogP contribution in [0.5, 0.6) is 5.75 Å². The predicted octanol–water partition coefficient (Wildman–Crippen LogP) is 4.11. The van der Waals surface area contributed by atoms with E-state index in [-0.39, 0.29) is 11.7 Å². The number of rotatable bonds is 7. The lowest BCUT2D eigenvalue weighted by atomic mass is 9.77. The molecule has 1 aliphatic rings. The number of carbonyl (C=O) groups excluding carboxylic acids is 1. The molecule has 0 aliphatic heterocycles. The molecule has 1 aromatic carbocycles. The third kappa shape index (κ3) is 4.31. The Morgan fingerprint density at radius 1 is 1.14 bits per heavy atom. The summed E-state index contributed by atoms with van der Waals surface area (Å²) in [7, 11) is 1.65. The molecular formula is C18H26O3. The Hall–Kier alpha value is -1.35. The van der Waals surface area contributed by atoms with Gasteiger partial charge in [0.25, 0.3) is 0 Å². The molecule has 0 bridgehead atoms. The van der Waals surface area contributed by atoms with E-state index in [1.54, 1.807) is 7.11 Å². The second kappa shape index (κ2) is 8.18. The van der Waals surface area contributed by atoms with E-state index in [4.69, 9.17) is 9.47 Å². The molecule has 2 rings (SSSR count). The van der Waals surface area contributed by atoms with Gasteiger partial charge in [-0.05, 0) is 43.7 Å². The van der Waals surface area contributed by atoms with Crippen molar-refractivity contribution in [2.75, 3.05) is 20.3 Å². The predicted molar refractivity (Wildman–Crippen MR) is 83.9 cm³/mol. The van der Waals surface area contributed by atoms with Crippen LogP contribution in [0.2, 0.25) is 0 Å². The molecule has 0 heterocycles. The van der Waals surface area contributed by atoms with Gasteiger partial charge in [-0.15, -0.1) is 0 Å². The van der Waals surface area contributed by atoms with Crippen LogP contribution < -0.4 is 4.74 Å². The second-order valence-corrected chi connectivity index (χ2v) is 5.83. The molecule has 3 nitrogen and oxygen atoms in total. The van der Waals surface area contributed by atoms with Gasteiger partial charge in [-0.3, -0.25) is 4.79 Å². The number of hydrogen-bond donors (Lipinski definition) is 0. The summed E-state index contributed by atoms with van der Waals surface area (Å²) in [6, 6.07) is 7.58. The number of ether oxygens (including phenoxy) is 2. The molecule has 21 heavy (non-hydrogen) atoms. The average Bonchev–Trinajstić information content (AvgIpc) is 2.55. The minimum Gasteiger partial charge on any atom is -0.490 e. The molecule has 0 saturated heterocycles. The molecule has 1 aromatic rings. The Morgan fingerprint density at radius 2 is 1.86 bits per heavy atom. The topological polar surface area (TPSA) is 35.5 Å². The van der Waals surface area contributed by atoms with Crippen molar-refractivity contribution >= 4 is 5.78 Å². The highest BCUT2D eigenvalue weighted by molar-refractivity contribution is 6.00. The largest absolute Gasteiger partial charge is 0.490 e. The van der Waals surface area contributed by atoms with Crippen molar-refractivity contribution in [3.05, 3.63) is 29.8 Å². The third-order valence-corrected chi connectivity index (χ3v) is 4.49. The fraction of sp³-hybridized carbons (Fsp3) is 0.611. The van der Waals surface area contributed by atoms with Gasteiger partial charge in [0.2, 0.25) is 0 Å². The molecule has 0 atom stereocenters. The second-order valence-electron chi connectivity index (χ2n) is 5.83. The molecule has 0 spiro atoms. The van der Waals surface area contributed by atoms with Crippen LogP contribution in [0.15, 0.2) is 24.3 Å². The Kier molecular flexibility index (Phi) is 6.24. The maximum absolute atomic E-state index is 12.7. The van der Waals surface area contributed by atoms with Gasteiger partial charge < -0.3 is 9.47 Å². The van der Waals surface area contributed by atoms with Crippen LogP contribution in [0.3, 0.4) is 0 Å². The van der Waals surface area contributed by atoms with Gasteiger partial charge in [0.1, 0.15) is 12.4 Å². The highest BCUT2D eigenvalue weighted by Gasteiger charge is 2.27. The first-order valence-electron chi connectivity index (χ1n) is 8.01. The van der Waals surface area contributed by atoms with Crippen LogP contribution in [0, 0.1) is 11.8 Å². The van der Waals surface area contributed by atoms with Crippen molar-refractivity contribution in [3.8, 4) is 5.75 Å². The first-order chi connectivity index (χ1) is 10.3. The molecule has 1 saturated carbocycles. The van der Waals surface area contributed by atoms with E-state index < -0.39 is 0 Å². The lowest BCUT2D eigenvalue weighted by molar-refractivity contribution is 0.0863. The van der Waals surface area contributed by atoms with Crippen molar-refractivity contribution in [1.82, 2.24) is 0 Å². The Morgan fingerprint density at radius 3 is 2.52 bits per heavy atom. The SMILES string of the molecule is CCC1CCC(C(=O)c2ccccc2OCCOC)CC1. The van der Waals surface area contributed by atoms with E-state index in [1.165, 1.54) is 19.3 Å². The van der Waals surface area contributed by atoms with Crippen LogP contribution in [0.25, 0.3) is 0 Å². The van der Waals surface area contributed by atoms with Crippen LogP contribution in [-0.4, -0.2) is 26.1 Å². The van der Waals surface area contributed by atoms with Gasteiger partial charge in [0, 0.05) is 13.0 Å². The summed E-state index contributed by atoms with van der Waals surface area (Å²) in [5, 5.41) is 0. The number of hydrogen-bond acceptors (Lipinski definition) is 3. The van der Waals surface area contributed by atoms with Crippen LogP contribution >= 0.6 is 0 Å². The third-order valence-electron chi connectivity index (χ3n) is 4.49. The van der Waals surface area contributed by atoms with Gasteiger partial charge >= 0.3 is 0 Å². The Bertz CT molecular complexity index is 448. The molecule has 3 heteroatoms. The normalized spacial score (nSPS) is 22.0. The summed E-state index contributed by atoms with van der Waals surface area (Å²) in [5.74, 6) is 1.91. The summed E-state index contributed by atoms with van der Waals surface area (Å²) in [4.78, 5) is 12.7. The Labute approximate surface area is 127 Å². The zero-order valence-electron chi connectivity index (χ0n) is 13.1. The summed E-state index contributed by atoms with van der Waals surface area (Å²) < 4.78 is 10.7. The number of para-hydroxylation sites is 1. The number of Topliss-reactive ketones (excluding diaryl/α,β-unsaturated/α-hetero) is 1. The van der Waals surface area contributed by atoms with Crippen molar-refractivity contribution in [1.29, 1.82) is 0 Å². The Balaban J connectivity index is 2.01. The average molecular weight is 290 g/mol. The summed E-state index contributed by atoms with van der Waals surface area (Å²) in [6.45, 7) is 3.25. The van der Waals surface area contributed by atoms with Gasteiger partial charge in [-0.2, -0.15) is 0 Å². The smallest absolute Gasteiger partial charge is 0.169 e. The highest BCUT2D eigenvalue weighted by Crippen LogP contribution is 2.34. The molecule has 1 aliphatic carbocycles. The van der Waals surface area contributed by atoms with Gasteiger partial charge in [-0.1, -0.05) is 25.5 Å². The molecule has 116 valence electrons. The highest BCUT2D eigenvalue weighted by atomic mass is 16.5. The first kappa shape index (κ1) is 16.0. The molecule has 0 N–H and O–H groups in total. The zero-order chi connectivity index (χ0) is 15.1. The van der Waals surface area contributed by atoms with Gasteiger partial charge in [0.05, 0.1) is 12.2 Å². The molecule has 0 aromatic heterocycles. The minimum atomic E-state index is 0.167. The van der Waals surface area contributed by atoms with Crippen molar-refractivity contribution in [2.24, 2.45) is 11.8 Å². The quantitative estimate of drug-likeness (QED) is 0.560. The summed E-state index contributed by atoms with van der Waals surface area (Å²) in [6.07, 6.45) is 5.63. The lowest BCUT2D eigenvalue weighted by Crippen LogP contribution is -2.22. The van der Waals surface area contributed by atoms with E-state index in [2.05, 4.69) is 6.92 Å². The van der Waals surface area contributed by atoms with Crippen molar-refractivity contribution in [3.63, 3.8) is 0 Å². The number of methoxy groups -OCH3 is 1. The molecule has 0 radical (unpaired) electrons. The first-order valence-corrected chi connectivity index (χ1v) is 8.01. The van der Waals surface area contributed by atoms with Crippen LogP contribution in [0.1, 0.15) is 49.4 Å². The standard InChI is InChI=1S/C18H26O3/c1-3-14-8-10-15(11-9-14)18(19)16-6-4-5-7-17(16)21-13-12-20-2/h4-7,14-15H,3,8-13H2,1-2H3. The monoisotopic (exact) mass is 290 g/mol. The molecule has 0 amide bonds. The van der Waals surface area contributed by atoms with E-state index in [9.17, 15) is 4.79 Å². The zero-order valence-corrected chi connectivity index (χ0v) is 13.1. The fourth-order valence-electron chi connectivity index (χ4n) is 3.08. The van der Waals surface area contributed by atoms with Crippen LogP contribution in [0.4, 0.5) is 0 Å². The fourth-order valence-corrected chi connectivity index (χ4v) is 3.08. The van der Waals surface area contributed by atoms with E-state index in [0.717, 1.165) is 24.3 Å². The molecule has 0 unspecified atom stereocenters. The number of carbonyl (C=O) groups is 1. The molecule has 1 fully saturated rings. The number of benzene rings is 1. The van der Waals surface area contributed by atoms with Crippen LogP contribution in [-0.2, 0) is 4.74 Å². The van der Waals surface area contributed by atoms with E-state index in [1.807, 2.05) is 24.3 Å². The van der Waals surface area contributed by atoms with Crippen molar-refractivity contribution < 1.29 is 14.3 Å². The number of ketones is 1. The summed E-state index contributed by atoms with van der Waals surface area (Å²) >= 11 is 0. The minimum absolute atomic E-state index is 0.167. The van der Waals surface area contributed by atoms with Gasteiger partial charge in [-0.25, -0.2) is 0 Å². The maximum Gasteiger partial charge on any atom is 0.169 e. The lowest BCUT2D eigenvalue weighted by Gasteiger charge is -2.27. The van der Waals surface area contributed by atoms with Crippen molar-refractivity contribution in [2.45, 2.75) is 39.0 Å². The molecular weight excluding hydrogens is 264 g/mol.